The van der Waals surface area contributed by atoms with E-state index in [1.54, 1.807) is 6.92 Å². The number of benzene rings is 2. The number of nitrogens with zero attached hydrogens (tertiary/aromatic N) is 1. The van der Waals surface area contributed by atoms with Gasteiger partial charge in [-0.3, -0.25) is 4.90 Å². The van der Waals surface area contributed by atoms with Gasteiger partial charge in [-0.25, -0.2) is 23.2 Å². The van der Waals surface area contributed by atoms with Crippen LogP contribution in [0.15, 0.2) is 53.7 Å². The minimum atomic E-state index is -1.21. The Bertz CT molecular complexity index is 1070. The van der Waals surface area contributed by atoms with E-state index in [2.05, 4.69) is 5.32 Å². The summed E-state index contributed by atoms with van der Waals surface area (Å²) in [5.41, 5.74) is 0.115. The highest BCUT2D eigenvalue weighted by atomic mass is 19.1. The second-order valence-electron chi connectivity index (χ2n) is 6.46. The van der Waals surface area contributed by atoms with Crippen LogP contribution in [0.25, 0.3) is 0 Å². The number of carboxylic acids is 1. The molecule has 1 aliphatic heterocycles. The SMILES string of the molecule is CCOC(=O)C1=C(C)N(c2cccc(C(=O)O)c2)C(=O)N[C@H]1c1ccc(F)cc1F. The fourth-order valence-electron chi connectivity index (χ4n) is 3.27. The van der Waals surface area contributed by atoms with Crippen molar-refractivity contribution in [3.63, 3.8) is 0 Å². The second kappa shape index (κ2) is 8.32. The second-order valence-corrected chi connectivity index (χ2v) is 6.46. The number of anilines is 1. The summed E-state index contributed by atoms with van der Waals surface area (Å²) in [6, 6.07) is 6.47. The molecule has 1 atom stereocenters. The summed E-state index contributed by atoms with van der Waals surface area (Å²) >= 11 is 0. The molecule has 7 nitrogen and oxygen atoms in total. The lowest BCUT2D eigenvalue weighted by Gasteiger charge is -2.35. The average molecular weight is 416 g/mol. The highest BCUT2D eigenvalue weighted by Gasteiger charge is 2.38. The van der Waals surface area contributed by atoms with Crippen molar-refractivity contribution < 1.29 is 33.0 Å². The smallest absolute Gasteiger partial charge is 0.338 e. The number of allylic oxidation sites excluding steroid dienone is 1. The van der Waals surface area contributed by atoms with Crippen LogP contribution in [0.1, 0.15) is 35.8 Å². The number of aromatic carboxylic acids is 1. The third-order valence-electron chi connectivity index (χ3n) is 4.60. The molecule has 30 heavy (non-hydrogen) atoms. The molecule has 2 N–H and O–H groups in total. The number of ether oxygens (including phenoxy) is 1. The Balaban J connectivity index is 2.17. The monoisotopic (exact) mass is 416 g/mol. The number of nitrogens with one attached hydrogen (secondary N) is 1. The summed E-state index contributed by atoms with van der Waals surface area (Å²) in [6.07, 6.45) is 0. The minimum absolute atomic E-state index is 0.0384. The standard InChI is InChI=1S/C21H18F2N2O5/c1-3-30-20(28)17-11(2)25(14-6-4-5-12(9-14)19(26)27)21(29)24-18(17)15-8-7-13(22)10-16(15)23/h4-10,18H,3H2,1-2H3,(H,24,29)(H,26,27)/t18-/m0/s1. The largest absolute Gasteiger partial charge is 0.478 e. The van der Waals surface area contributed by atoms with Crippen LogP contribution in [0.5, 0.6) is 0 Å². The fourth-order valence-corrected chi connectivity index (χ4v) is 3.27. The lowest BCUT2D eigenvalue weighted by molar-refractivity contribution is -0.139. The number of carbonyl (C=O) groups excluding carboxylic acids is 2. The summed E-state index contributed by atoms with van der Waals surface area (Å²) in [5.74, 6) is -3.71. The first-order chi connectivity index (χ1) is 14.2. The number of hydrogen-bond donors (Lipinski definition) is 2. The van der Waals surface area contributed by atoms with E-state index in [9.17, 15) is 28.3 Å². The topological polar surface area (TPSA) is 95.9 Å². The van der Waals surface area contributed by atoms with Gasteiger partial charge in [0.05, 0.1) is 29.5 Å². The summed E-state index contributed by atoms with van der Waals surface area (Å²) in [6.45, 7) is 3.10. The third kappa shape index (κ3) is 3.86. The third-order valence-corrected chi connectivity index (χ3v) is 4.60. The maximum atomic E-state index is 14.4. The van der Waals surface area contributed by atoms with Crippen LogP contribution >= 0.6 is 0 Å². The normalized spacial score (nSPS) is 16.3. The Morgan fingerprint density at radius 1 is 1.20 bits per heavy atom. The van der Waals surface area contributed by atoms with Crippen LogP contribution in [0.3, 0.4) is 0 Å². The van der Waals surface area contributed by atoms with E-state index < -0.39 is 35.6 Å². The maximum absolute atomic E-state index is 14.4. The zero-order valence-electron chi connectivity index (χ0n) is 16.1. The van der Waals surface area contributed by atoms with Crippen molar-refractivity contribution in [2.24, 2.45) is 0 Å². The summed E-state index contributed by atoms with van der Waals surface area (Å²) < 4.78 is 32.9. The Hall–Kier alpha value is -3.75. The molecule has 0 unspecified atom stereocenters. The maximum Gasteiger partial charge on any atom is 0.338 e. The average Bonchev–Trinajstić information content (AvgIpc) is 2.68. The molecule has 0 aromatic heterocycles. The molecule has 1 aliphatic rings. The molecule has 0 saturated heterocycles. The number of amides is 2. The van der Waals surface area contributed by atoms with Crippen LogP contribution in [0.4, 0.5) is 19.3 Å². The molecule has 1 heterocycles. The van der Waals surface area contributed by atoms with Gasteiger partial charge in [0.25, 0.3) is 0 Å². The predicted molar refractivity (Wildman–Crippen MR) is 103 cm³/mol. The highest BCUT2D eigenvalue weighted by molar-refractivity contribution is 6.03. The van der Waals surface area contributed by atoms with Gasteiger partial charge >= 0.3 is 18.0 Å². The van der Waals surface area contributed by atoms with E-state index in [4.69, 9.17) is 4.74 Å². The van der Waals surface area contributed by atoms with Crippen LogP contribution < -0.4 is 10.2 Å². The van der Waals surface area contributed by atoms with Crippen molar-refractivity contribution in [3.05, 3.63) is 76.5 Å². The first-order valence-corrected chi connectivity index (χ1v) is 9.01. The van der Waals surface area contributed by atoms with Crippen molar-refractivity contribution in [1.82, 2.24) is 5.32 Å². The van der Waals surface area contributed by atoms with Gasteiger partial charge in [0.1, 0.15) is 11.6 Å². The van der Waals surface area contributed by atoms with Crippen molar-refractivity contribution in [1.29, 1.82) is 0 Å². The molecule has 0 aliphatic carbocycles. The predicted octanol–water partition coefficient (Wildman–Crippen LogP) is 3.77. The first-order valence-electron chi connectivity index (χ1n) is 9.01. The molecule has 0 saturated carbocycles. The quantitative estimate of drug-likeness (QED) is 0.724. The summed E-state index contributed by atoms with van der Waals surface area (Å²) in [7, 11) is 0. The number of urea groups is 1. The van der Waals surface area contributed by atoms with E-state index in [1.807, 2.05) is 0 Å². The molecule has 2 aromatic carbocycles. The number of halogens is 2. The van der Waals surface area contributed by atoms with E-state index in [-0.39, 0.29) is 34.7 Å². The number of rotatable bonds is 5. The fraction of sp³-hybridized carbons (Fsp3) is 0.190. The Morgan fingerprint density at radius 3 is 2.57 bits per heavy atom. The van der Waals surface area contributed by atoms with Crippen molar-refractivity contribution >= 4 is 23.7 Å². The lowest BCUT2D eigenvalue weighted by Crippen LogP contribution is -2.48. The van der Waals surface area contributed by atoms with Gasteiger partial charge in [-0.1, -0.05) is 12.1 Å². The summed E-state index contributed by atoms with van der Waals surface area (Å²) in [5, 5.41) is 11.7. The number of esters is 1. The zero-order valence-corrected chi connectivity index (χ0v) is 16.1. The minimum Gasteiger partial charge on any atom is -0.478 e. The molecule has 0 spiro atoms. The molecule has 2 amide bonds. The van der Waals surface area contributed by atoms with Gasteiger partial charge in [0, 0.05) is 17.3 Å². The van der Waals surface area contributed by atoms with E-state index >= 15 is 0 Å². The van der Waals surface area contributed by atoms with Crippen molar-refractivity contribution in [2.45, 2.75) is 19.9 Å². The molecular formula is C21H18F2N2O5. The van der Waals surface area contributed by atoms with Crippen LogP contribution in [0, 0.1) is 11.6 Å². The van der Waals surface area contributed by atoms with Gasteiger partial charge in [0.15, 0.2) is 0 Å². The Labute approximate surface area is 170 Å². The van der Waals surface area contributed by atoms with E-state index in [0.29, 0.717) is 6.07 Å². The number of hydrogen-bond acceptors (Lipinski definition) is 4. The lowest BCUT2D eigenvalue weighted by atomic mass is 9.94. The zero-order chi connectivity index (χ0) is 22.0. The first kappa shape index (κ1) is 21.0. The Kier molecular flexibility index (Phi) is 5.81. The van der Waals surface area contributed by atoms with Crippen molar-refractivity contribution in [3.8, 4) is 0 Å². The van der Waals surface area contributed by atoms with Gasteiger partial charge in [-0.05, 0) is 38.1 Å². The summed E-state index contributed by atoms with van der Waals surface area (Å²) in [4.78, 5) is 37.9. The van der Waals surface area contributed by atoms with Crippen LogP contribution in [-0.4, -0.2) is 29.7 Å². The number of carbonyl (C=O) groups is 3. The molecule has 3 rings (SSSR count). The Morgan fingerprint density at radius 2 is 1.93 bits per heavy atom. The van der Waals surface area contributed by atoms with Gasteiger partial charge in [-0.2, -0.15) is 0 Å². The molecule has 0 radical (unpaired) electrons. The number of carboxylic acid groups (broad SMARTS) is 1. The molecule has 0 bridgehead atoms. The highest BCUT2D eigenvalue weighted by Crippen LogP contribution is 2.35. The van der Waals surface area contributed by atoms with Gasteiger partial charge in [0.2, 0.25) is 0 Å². The van der Waals surface area contributed by atoms with Gasteiger partial charge in [-0.15, -0.1) is 0 Å². The van der Waals surface area contributed by atoms with Crippen molar-refractivity contribution in [2.75, 3.05) is 11.5 Å². The molecule has 9 heteroatoms. The molecule has 2 aromatic rings. The van der Waals surface area contributed by atoms with Gasteiger partial charge < -0.3 is 15.2 Å². The van der Waals surface area contributed by atoms with E-state index in [0.717, 1.165) is 17.0 Å². The van der Waals surface area contributed by atoms with E-state index in [1.165, 1.54) is 31.2 Å². The molecule has 0 fully saturated rings. The van der Waals surface area contributed by atoms with Crippen LogP contribution in [-0.2, 0) is 9.53 Å². The molecular weight excluding hydrogens is 398 g/mol. The molecule has 156 valence electrons. The van der Waals surface area contributed by atoms with Crippen LogP contribution in [0.2, 0.25) is 0 Å².